The zero-order chi connectivity index (χ0) is 18.7. The van der Waals surface area contributed by atoms with Gasteiger partial charge < -0.3 is 10.1 Å². The predicted octanol–water partition coefficient (Wildman–Crippen LogP) is 4.96. The van der Waals surface area contributed by atoms with Crippen molar-refractivity contribution in [3.05, 3.63) is 56.9 Å². The van der Waals surface area contributed by atoms with E-state index in [1.807, 2.05) is 12.1 Å². The largest absolute Gasteiger partial charge is 0.465 e. The van der Waals surface area contributed by atoms with Crippen molar-refractivity contribution >= 4 is 45.9 Å². The van der Waals surface area contributed by atoms with E-state index in [0.717, 1.165) is 30.4 Å². The van der Waals surface area contributed by atoms with Crippen LogP contribution < -0.4 is 5.32 Å². The van der Waals surface area contributed by atoms with Crippen LogP contribution in [0, 0.1) is 5.92 Å². The fourth-order valence-corrected chi connectivity index (χ4v) is 4.69. The Morgan fingerprint density at radius 3 is 2.92 bits per heavy atom. The number of methoxy groups -OCH3 is 1. The van der Waals surface area contributed by atoms with Crippen molar-refractivity contribution in [1.82, 2.24) is 0 Å². The molecule has 1 aliphatic carbocycles. The maximum atomic E-state index is 12.3. The Morgan fingerprint density at radius 1 is 1.38 bits per heavy atom. The Labute approximate surface area is 161 Å². The Balaban J connectivity index is 1.82. The SMILES string of the molecule is COC(=O)c1c(NC(=O)C=Cc2cccc(Cl)c2)sc2c1CCC(C)C2. The molecular formula is C20H20ClNO3S. The lowest BCUT2D eigenvalue weighted by atomic mass is 9.88. The lowest BCUT2D eigenvalue weighted by Gasteiger charge is -2.18. The smallest absolute Gasteiger partial charge is 0.341 e. The fraction of sp³-hybridized carbons (Fsp3) is 0.300. The first-order valence-electron chi connectivity index (χ1n) is 8.45. The van der Waals surface area contributed by atoms with Gasteiger partial charge in [-0.3, -0.25) is 4.79 Å². The summed E-state index contributed by atoms with van der Waals surface area (Å²) in [6, 6.07) is 7.24. The standard InChI is InChI=1S/C20H20ClNO3S/c1-12-6-8-15-16(10-12)26-19(18(15)20(24)25-2)22-17(23)9-7-13-4-3-5-14(21)11-13/h3-5,7,9,11-12H,6,8,10H2,1-2H3,(H,22,23). The number of halogens is 1. The van der Waals surface area contributed by atoms with Crippen molar-refractivity contribution in [2.24, 2.45) is 5.92 Å². The minimum atomic E-state index is -0.397. The summed E-state index contributed by atoms with van der Waals surface area (Å²) in [5, 5.41) is 4.02. The molecule has 1 atom stereocenters. The van der Waals surface area contributed by atoms with E-state index in [2.05, 4.69) is 12.2 Å². The van der Waals surface area contributed by atoms with E-state index in [-0.39, 0.29) is 5.91 Å². The van der Waals surface area contributed by atoms with Crippen LogP contribution in [0.25, 0.3) is 6.08 Å². The molecule has 0 spiro atoms. The van der Waals surface area contributed by atoms with Crippen molar-refractivity contribution in [1.29, 1.82) is 0 Å². The van der Waals surface area contributed by atoms with Crippen LogP contribution in [-0.4, -0.2) is 19.0 Å². The third-order valence-electron chi connectivity index (χ3n) is 4.41. The van der Waals surface area contributed by atoms with Crippen LogP contribution in [-0.2, 0) is 22.4 Å². The van der Waals surface area contributed by atoms with Crippen molar-refractivity contribution in [3.63, 3.8) is 0 Å². The number of esters is 1. The van der Waals surface area contributed by atoms with Gasteiger partial charge in [0.1, 0.15) is 5.00 Å². The zero-order valence-corrected chi connectivity index (χ0v) is 16.2. The summed E-state index contributed by atoms with van der Waals surface area (Å²) in [6.07, 6.45) is 5.93. The number of hydrogen-bond donors (Lipinski definition) is 1. The van der Waals surface area contributed by atoms with E-state index in [1.54, 1.807) is 18.2 Å². The van der Waals surface area contributed by atoms with Gasteiger partial charge in [0.25, 0.3) is 0 Å². The lowest BCUT2D eigenvalue weighted by Crippen LogP contribution is -2.14. The average Bonchev–Trinajstić information content (AvgIpc) is 2.96. The lowest BCUT2D eigenvalue weighted by molar-refractivity contribution is -0.111. The average molecular weight is 390 g/mol. The number of ether oxygens (including phenoxy) is 1. The molecule has 6 heteroatoms. The highest BCUT2D eigenvalue weighted by Crippen LogP contribution is 2.40. The highest BCUT2D eigenvalue weighted by Gasteiger charge is 2.28. The second-order valence-electron chi connectivity index (χ2n) is 6.43. The minimum Gasteiger partial charge on any atom is -0.465 e. The normalized spacial score (nSPS) is 16.3. The maximum absolute atomic E-state index is 12.3. The Bertz CT molecular complexity index is 872. The van der Waals surface area contributed by atoms with E-state index < -0.39 is 5.97 Å². The molecule has 3 rings (SSSR count). The summed E-state index contributed by atoms with van der Waals surface area (Å²) < 4.78 is 4.94. The quantitative estimate of drug-likeness (QED) is 0.593. The van der Waals surface area contributed by atoms with Crippen LogP contribution in [0.1, 0.15) is 39.7 Å². The number of fused-ring (bicyclic) bond motifs is 1. The number of carbonyl (C=O) groups is 2. The van der Waals surface area contributed by atoms with Crippen LogP contribution >= 0.6 is 22.9 Å². The van der Waals surface area contributed by atoms with E-state index in [9.17, 15) is 9.59 Å². The van der Waals surface area contributed by atoms with Gasteiger partial charge in [0.05, 0.1) is 12.7 Å². The highest BCUT2D eigenvalue weighted by molar-refractivity contribution is 7.17. The number of rotatable bonds is 4. The number of carbonyl (C=O) groups excluding carboxylic acids is 2. The molecule has 0 fully saturated rings. The number of benzene rings is 1. The molecule has 4 nitrogen and oxygen atoms in total. The molecule has 1 N–H and O–H groups in total. The molecular weight excluding hydrogens is 370 g/mol. The van der Waals surface area contributed by atoms with Gasteiger partial charge in [-0.05, 0) is 54.5 Å². The number of hydrogen-bond acceptors (Lipinski definition) is 4. The van der Waals surface area contributed by atoms with Gasteiger partial charge in [-0.1, -0.05) is 30.7 Å². The summed E-state index contributed by atoms with van der Waals surface area (Å²) >= 11 is 7.42. The third-order valence-corrected chi connectivity index (χ3v) is 5.82. The van der Waals surface area contributed by atoms with Gasteiger partial charge in [0, 0.05) is 16.0 Å². The topological polar surface area (TPSA) is 55.4 Å². The molecule has 1 aromatic carbocycles. The van der Waals surface area contributed by atoms with Gasteiger partial charge in [0.2, 0.25) is 5.91 Å². The van der Waals surface area contributed by atoms with Crippen LogP contribution in [0.4, 0.5) is 5.00 Å². The minimum absolute atomic E-state index is 0.290. The first-order valence-corrected chi connectivity index (χ1v) is 9.65. The Hall–Kier alpha value is -2.11. The molecule has 2 aromatic rings. The molecule has 0 saturated carbocycles. The van der Waals surface area contributed by atoms with Crippen LogP contribution in [0.5, 0.6) is 0 Å². The van der Waals surface area contributed by atoms with Crippen molar-refractivity contribution in [2.45, 2.75) is 26.2 Å². The van der Waals surface area contributed by atoms with Gasteiger partial charge in [0.15, 0.2) is 0 Å². The number of nitrogens with one attached hydrogen (secondary N) is 1. The van der Waals surface area contributed by atoms with Crippen molar-refractivity contribution in [3.8, 4) is 0 Å². The van der Waals surface area contributed by atoms with Crippen LogP contribution in [0.15, 0.2) is 30.3 Å². The number of amides is 1. The predicted molar refractivity (Wildman–Crippen MR) is 106 cm³/mol. The summed E-state index contributed by atoms with van der Waals surface area (Å²) in [5.41, 5.74) is 2.36. The van der Waals surface area contributed by atoms with Crippen LogP contribution in [0.3, 0.4) is 0 Å². The Kier molecular flexibility index (Phi) is 5.79. The van der Waals surface area contributed by atoms with E-state index in [4.69, 9.17) is 16.3 Å². The van der Waals surface area contributed by atoms with Gasteiger partial charge in [-0.15, -0.1) is 11.3 Å². The first kappa shape index (κ1) is 18.7. The molecule has 0 radical (unpaired) electrons. The summed E-state index contributed by atoms with van der Waals surface area (Å²) in [6.45, 7) is 2.20. The molecule has 0 saturated heterocycles. The van der Waals surface area contributed by atoms with E-state index in [0.29, 0.717) is 21.5 Å². The summed E-state index contributed by atoms with van der Waals surface area (Å²) in [7, 11) is 1.36. The van der Waals surface area contributed by atoms with Crippen molar-refractivity contribution < 1.29 is 14.3 Å². The molecule has 1 unspecified atom stereocenters. The van der Waals surface area contributed by atoms with Gasteiger partial charge in [-0.25, -0.2) is 4.79 Å². The van der Waals surface area contributed by atoms with Gasteiger partial charge in [-0.2, -0.15) is 0 Å². The van der Waals surface area contributed by atoms with Crippen LogP contribution in [0.2, 0.25) is 5.02 Å². The zero-order valence-electron chi connectivity index (χ0n) is 14.7. The molecule has 0 bridgehead atoms. The first-order chi connectivity index (χ1) is 12.5. The molecule has 1 heterocycles. The third kappa shape index (κ3) is 4.17. The summed E-state index contributed by atoms with van der Waals surface area (Å²) in [4.78, 5) is 25.7. The highest BCUT2D eigenvalue weighted by atomic mass is 35.5. The molecule has 1 amide bonds. The van der Waals surface area contributed by atoms with E-state index >= 15 is 0 Å². The molecule has 26 heavy (non-hydrogen) atoms. The maximum Gasteiger partial charge on any atom is 0.341 e. The second kappa shape index (κ2) is 8.06. The second-order valence-corrected chi connectivity index (χ2v) is 7.97. The monoisotopic (exact) mass is 389 g/mol. The molecule has 1 aromatic heterocycles. The number of thiophene rings is 1. The van der Waals surface area contributed by atoms with Crippen molar-refractivity contribution in [2.75, 3.05) is 12.4 Å². The fourth-order valence-electron chi connectivity index (χ4n) is 3.09. The summed E-state index contributed by atoms with van der Waals surface area (Å²) in [5.74, 6) is -0.106. The molecule has 0 aliphatic heterocycles. The van der Waals surface area contributed by atoms with E-state index in [1.165, 1.54) is 29.4 Å². The van der Waals surface area contributed by atoms with Gasteiger partial charge >= 0.3 is 5.97 Å². The molecule has 1 aliphatic rings. The Morgan fingerprint density at radius 2 is 2.19 bits per heavy atom. The number of anilines is 1. The molecule has 136 valence electrons.